The highest BCUT2D eigenvalue weighted by atomic mass is 19.1. The maximum Gasteiger partial charge on any atom is 0.220 e. The molecule has 0 saturated carbocycles. The van der Waals surface area contributed by atoms with Crippen LogP contribution in [0.2, 0.25) is 0 Å². The van der Waals surface area contributed by atoms with E-state index < -0.39 is 0 Å². The molecule has 2 rings (SSSR count). The fourth-order valence-electron chi connectivity index (χ4n) is 1.16. The van der Waals surface area contributed by atoms with Crippen LogP contribution in [-0.2, 0) is 0 Å². The molecule has 4 heteroatoms. The summed E-state index contributed by atoms with van der Waals surface area (Å²) in [6, 6.07) is 10.7. The van der Waals surface area contributed by atoms with Crippen molar-refractivity contribution in [1.29, 1.82) is 5.26 Å². The highest BCUT2D eigenvalue weighted by Crippen LogP contribution is 2.19. The number of ether oxygens (including phenoxy) is 1. The Kier molecular flexibility index (Phi) is 2.79. The fourth-order valence-corrected chi connectivity index (χ4v) is 1.16. The summed E-state index contributed by atoms with van der Waals surface area (Å²) in [5.74, 6) is 0.459. The van der Waals surface area contributed by atoms with Gasteiger partial charge in [0.05, 0.1) is 11.6 Å². The molecule has 0 unspecified atom stereocenters. The summed E-state index contributed by atoms with van der Waals surface area (Å²) < 4.78 is 18.0. The van der Waals surface area contributed by atoms with Crippen LogP contribution >= 0.6 is 0 Å². The quantitative estimate of drug-likeness (QED) is 0.772. The minimum atomic E-state index is -0.328. The molecule has 0 fully saturated rings. The van der Waals surface area contributed by atoms with E-state index in [0.29, 0.717) is 17.2 Å². The molecule has 0 radical (unpaired) electrons. The average molecular weight is 214 g/mol. The number of rotatable bonds is 2. The molecule has 0 atom stereocenters. The lowest BCUT2D eigenvalue weighted by atomic mass is 10.3. The minimum Gasteiger partial charge on any atom is -0.439 e. The van der Waals surface area contributed by atoms with E-state index in [1.165, 1.54) is 36.5 Å². The molecule has 0 amide bonds. The Balaban J connectivity index is 2.21. The van der Waals surface area contributed by atoms with E-state index in [4.69, 9.17) is 10.00 Å². The van der Waals surface area contributed by atoms with Gasteiger partial charge in [-0.1, -0.05) is 0 Å². The molecule has 3 nitrogen and oxygen atoms in total. The van der Waals surface area contributed by atoms with Crippen molar-refractivity contribution in [3.05, 3.63) is 54.0 Å². The van der Waals surface area contributed by atoms with Crippen molar-refractivity contribution < 1.29 is 9.13 Å². The molecule has 16 heavy (non-hydrogen) atoms. The van der Waals surface area contributed by atoms with Crippen molar-refractivity contribution in [2.75, 3.05) is 0 Å². The van der Waals surface area contributed by atoms with E-state index in [0.717, 1.165) is 0 Å². The lowest BCUT2D eigenvalue weighted by Crippen LogP contribution is -1.88. The molecule has 1 aromatic heterocycles. The van der Waals surface area contributed by atoms with Gasteiger partial charge in [0.15, 0.2) is 0 Å². The van der Waals surface area contributed by atoms with Gasteiger partial charge in [-0.05, 0) is 30.3 Å². The van der Waals surface area contributed by atoms with Crippen molar-refractivity contribution in [3.8, 4) is 17.7 Å². The predicted molar refractivity (Wildman–Crippen MR) is 55.4 cm³/mol. The number of hydrogen-bond donors (Lipinski definition) is 0. The zero-order chi connectivity index (χ0) is 11.4. The molecular formula is C12H7FN2O. The van der Waals surface area contributed by atoms with Gasteiger partial charge in [0.2, 0.25) is 5.88 Å². The molecule has 0 bridgehead atoms. The van der Waals surface area contributed by atoms with Crippen molar-refractivity contribution in [1.82, 2.24) is 4.98 Å². The number of hydrogen-bond acceptors (Lipinski definition) is 3. The van der Waals surface area contributed by atoms with Gasteiger partial charge in [0.25, 0.3) is 0 Å². The maximum absolute atomic E-state index is 12.6. The van der Waals surface area contributed by atoms with E-state index >= 15 is 0 Å². The van der Waals surface area contributed by atoms with Crippen LogP contribution in [0, 0.1) is 17.1 Å². The van der Waals surface area contributed by atoms with Crippen LogP contribution in [0.1, 0.15) is 5.56 Å². The van der Waals surface area contributed by atoms with Gasteiger partial charge in [0, 0.05) is 12.3 Å². The number of nitriles is 1. The molecule has 0 spiro atoms. The third kappa shape index (κ3) is 2.34. The fraction of sp³-hybridized carbons (Fsp3) is 0. The largest absolute Gasteiger partial charge is 0.439 e. The third-order valence-electron chi connectivity index (χ3n) is 1.90. The Hall–Kier alpha value is -2.41. The van der Waals surface area contributed by atoms with Crippen LogP contribution in [0.3, 0.4) is 0 Å². The Morgan fingerprint density at radius 1 is 1.19 bits per heavy atom. The molecule has 2 aromatic rings. The second-order valence-electron chi connectivity index (χ2n) is 3.05. The molecule has 0 aliphatic rings. The van der Waals surface area contributed by atoms with Gasteiger partial charge >= 0.3 is 0 Å². The first-order chi connectivity index (χ1) is 7.78. The van der Waals surface area contributed by atoms with Gasteiger partial charge in [-0.3, -0.25) is 0 Å². The summed E-state index contributed by atoms with van der Waals surface area (Å²) in [4.78, 5) is 3.94. The van der Waals surface area contributed by atoms with Crippen LogP contribution in [0.15, 0.2) is 42.6 Å². The van der Waals surface area contributed by atoms with Gasteiger partial charge in [-0.2, -0.15) is 5.26 Å². The Bertz CT molecular complexity index is 531. The number of halogens is 1. The van der Waals surface area contributed by atoms with Gasteiger partial charge < -0.3 is 4.74 Å². The lowest BCUT2D eigenvalue weighted by molar-refractivity contribution is 0.461. The number of nitrogens with zero attached hydrogens (tertiary/aromatic N) is 2. The van der Waals surface area contributed by atoms with Crippen LogP contribution in [-0.4, -0.2) is 4.98 Å². The third-order valence-corrected chi connectivity index (χ3v) is 1.90. The van der Waals surface area contributed by atoms with E-state index in [1.807, 2.05) is 6.07 Å². The first kappa shape index (κ1) is 10.1. The van der Waals surface area contributed by atoms with E-state index in [1.54, 1.807) is 6.07 Å². The minimum absolute atomic E-state index is 0.311. The smallest absolute Gasteiger partial charge is 0.220 e. The standard InChI is InChI=1S/C12H7FN2O/c13-10-1-3-11(4-2-10)16-12-7-9(8-14)5-6-15-12/h1-7H. The topological polar surface area (TPSA) is 45.9 Å². The van der Waals surface area contributed by atoms with Crippen LogP contribution in [0.4, 0.5) is 4.39 Å². The Morgan fingerprint density at radius 3 is 2.62 bits per heavy atom. The van der Waals surface area contributed by atoms with Gasteiger partial charge in [0.1, 0.15) is 11.6 Å². The summed E-state index contributed by atoms with van der Waals surface area (Å²) in [5, 5.41) is 8.68. The number of aromatic nitrogens is 1. The normalized spacial score (nSPS) is 9.50. The van der Waals surface area contributed by atoms with E-state index in [2.05, 4.69) is 4.98 Å². The summed E-state index contributed by atoms with van der Waals surface area (Å²) in [6.45, 7) is 0. The highest BCUT2D eigenvalue weighted by molar-refractivity contribution is 5.34. The van der Waals surface area contributed by atoms with Gasteiger partial charge in [-0.25, -0.2) is 9.37 Å². The van der Waals surface area contributed by atoms with Gasteiger partial charge in [-0.15, -0.1) is 0 Å². The van der Waals surface area contributed by atoms with Crippen LogP contribution in [0.5, 0.6) is 11.6 Å². The molecule has 78 valence electrons. The number of benzene rings is 1. The number of pyridine rings is 1. The van der Waals surface area contributed by atoms with E-state index in [9.17, 15) is 4.39 Å². The van der Waals surface area contributed by atoms with E-state index in [-0.39, 0.29) is 5.82 Å². The summed E-state index contributed by atoms with van der Waals surface area (Å²) in [5.41, 5.74) is 0.465. The molecular weight excluding hydrogens is 207 g/mol. The molecule has 0 saturated heterocycles. The molecule has 0 aliphatic heterocycles. The summed E-state index contributed by atoms with van der Waals surface area (Å²) in [7, 11) is 0. The van der Waals surface area contributed by atoms with Crippen LogP contribution in [0.25, 0.3) is 0 Å². The average Bonchev–Trinajstić information content (AvgIpc) is 2.32. The lowest BCUT2D eigenvalue weighted by Gasteiger charge is -2.03. The van der Waals surface area contributed by atoms with Crippen molar-refractivity contribution >= 4 is 0 Å². The van der Waals surface area contributed by atoms with Crippen molar-refractivity contribution in [2.24, 2.45) is 0 Å². The monoisotopic (exact) mass is 214 g/mol. The first-order valence-electron chi connectivity index (χ1n) is 4.57. The zero-order valence-electron chi connectivity index (χ0n) is 8.22. The van der Waals surface area contributed by atoms with Crippen molar-refractivity contribution in [3.63, 3.8) is 0 Å². The zero-order valence-corrected chi connectivity index (χ0v) is 8.22. The SMILES string of the molecule is N#Cc1ccnc(Oc2ccc(F)cc2)c1. The summed E-state index contributed by atoms with van der Waals surface area (Å²) in [6.07, 6.45) is 1.48. The maximum atomic E-state index is 12.6. The van der Waals surface area contributed by atoms with Crippen molar-refractivity contribution in [2.45, 2.75) is 0 Å². The highest BCUT2D eigenvalue weighted by Gasteiger charge is 2.00. The molecule has 0 aliphatic carbocycles. The Labute approximate surface area is 91.7 Å². The summed E-state index contributed by atoms with van der Waals surface area (Å²) >= 11 is 0. The second-order valence-corrected chi connectivity index (χ2v) is 3.05. The molecule has 1 aromatic carbocycles. The first-order valence-corrected chi connectivity index (χ1v) is 4.57. The second kappa shape index (κ2) is 4.41. The molecule has 0 N–H and O–H groups in total. The molecule has 1 heterocycles. The Morgan fingerprint density at radius 2 is 1.94 bits per heavy atom. The van der Waals surface area contributed by atoms with Crippen LogP contribution < -0.4 is 4.74 Å². The predicted octanol–water partition coefficient (Wildman–Crippen LogP) is 2.88.